The summed E-state index contributed by atoms with van der Waals surface area (Å²) in [5.74, 6) is 1.10. The first-order valence-corrected chi connectivity index (χ1v) is 6.85. The molecule has 0 atom stereocenters. The maximum absolute atomic E-state index is 11.9. The van der Waals surface area contributed by atoms with Crippen LogP contribution in [0.3, 0.4) is 0 Å². The molecule has 2 heterocycles. The Morgan fingerprint density at radius 1 is 1.39 bits per heavy atom. The summed E-state index contributed by atoms with van der Waals surface area (Å²) in [6.45, 7) is 5.77. The summed E-state index contributed by atoms with van der Waals surface area (Å²) in [6, 6.07) is 6.08. The predicted molar refractivity (Wildman–Crippen MR) is 72.1 cm³/mol. The van der Waals surface area contributed by atoms with Gasteiger partial charge in [-0.05, 0) is 37.3 Å². The first kappa shape index (κ1) is 13.1. The van der Waals surface area contributed by atoms with Crippen LogP contribution in [0, 0.1) is 11.8 Å². The molecule has 0 unspecified atom stereocenters. The van der Waals surface area contributed by atoms with Gasteiger partial charge in [0.05, 0.1) is 0 Å². The van der Waals surface area contributed by atoms with Gasteiger partial charge in [-0.3, -0.25) is 9.78 Å². The van der Waals surface area contributed by atoms with E-state index in [0.717, 1.165) is 32.4 Å². The molecule has 3 heteroatoms. The minimum atomic E-state index is 0.123. The van der Waals surface area contributed by atoms with Crippen LogP contribution < -0.4 is 0 Å². The number of amides is 1. The number of piperidine rings is 1. The van der Waals surface area contributed by atoms with Gasteiger partial charge < -0.3 is 4.90 Å². The zero-order valence-electron chi connectivity index (χ0n) is 11.3. The monoisotopic (exact) mass is 246 g/mol. The Balaban J connectivity index is 1.82. The van der Waals surface area contributed by atoms with Crippen molar-refractivity contribution < 1.29 is 4.79 Å². The molecule has 1 aromatic rings. The van der Waals surface area contributed by atoms with Crippen LogP contribution in [0.4, 0.5) is 0 Å². The molecule has 1 amide bonds. The van der Waals surface area contributed by atoms with Gasteiger partial charge in [0.1, 0.15) is 0 Å². The molecule has 1 aliphatic rings. The van der Waals surface area contributed by atoms with E-state index in [0.29, 0.717) is 11.8 Å². The van der Waals surface area contributed by atoms with Crippen LogP contribution in [-0.2, 0) is 11.2 Å². The smallest absolute Gasteiger partial charge is 0.225 e. The zero-order valence-corrected chi connectivity index (χ0v) is 11.3. The average Bonchev–Trinajstić information content (AvgIpc) is 2.40. The van der Waals surface area contributed by atoms with Crippen LogP contribution in [0.5, 0.6) is 0 Å². The van der Waals surface area contributed by atoms with Crippen LogP contribution in [0.25, 0.3) is 0 Å². The SMILES string of the molecule is CC(C)C(=O)N1CCC(Cc2ccccn2)CC1. The lowest BCUT2D eigenvalue weighted by Gasteiger charge is -2.33. The number of hydrogen-bond donors (Lipinski definition) is 0. The topological polar surface area (TPSA) is 33.2 Å². The molecule has 0 aliphatic carbocycles. The Labute approximate surface area is 109 Å². The Morgan fingerprint density at radius 3 is 2.67 bits per heavy atom. The minimum absolute atomic E-state index is 0.123. The van der Waals surface area contributed by atoms with Crippen LogP contribution >= 0.6 is 0 Å². The van der Waals surface area contributed by atoms with E-state index in [9.17, 15) is 4.79 Å². The van der Waals surface area contributed by atoms with E-state index in [4.69, 9.17) is 0 Å². The highest BCUT2D eigenvalue weighted by molar-refractivity contribution is 5.78. The predicted octanol–water partition coefficient (Wildman–Crippen LogP) is 2.52. The van der Waals surface area contributed by atoms with Gasteiger partial charge in [-0.2, -0.15) is 0 Å². The molecule has 1 saturated heterocycles. The molecular formula is C15H22N2O. The van der Waals surface area contributed by atoms with Crippen molar-refractivity contribution in [1.82, 2.24) is 9.88 Å². The van der Waals surface area contributed by atoms with Crippen molar-refractivity contribution in [3.63, 3.8) is 0 Å². The minimum Gasteiger partial charge on any atom is -0.342 e. The maximum Gasteiger partial charge on any atom is 0.225 e. The summed E-state index contributed by atoms with van der Waals surface area (Å²) >= 11 is 0. The van der Waals surface area contributed by atoms with Crippen LogP contribution in [-0.4, -0.2) is 28.9 Å². The summed E-state index contributed by atoms with van der Waals surface area (Å²) in [5.41, 5.74) is 1.17. The number of likely N-dealkylation sites (tertiary alicyclic amines) is 1. The Morgan fingerprint density at radius 2 is 2.11 bits per heavy atom. The van der Waals surface area contributed by atoms with Gasteiger partial charge in [0.25, 0.3) is 0 Å². The van der Waals surface area contributed by atoms with E-state index in [1.54, 1.807) is 0 Å². The highest BCUT2D eigenvalue weighted by atomic mass is 16.2. The summed E-state index contributed by atoms with van der Waals surface area (Å²) in [5, 5.41) is 0. The van der Waals surface area contributed by atoms with E-state index in [2.05, 4.69) is 11.1 Å². The van der Waals surface area contributed by atoms with Gasteiger partial charge in [-0.15, -0.1) is 0 Å². The van der Waals surface area contributed by atoms with Gasteiger partial charge >= 0.3 is 0 Å². The van der Waals surface area contributed by atoms with Crippen molar-refractivity contribution in [1.29, 1.82) is 0 Å². The highest BCUT2D eigenvalue weighted by Gasteiger charge is 2.24. The molecule has 18 heavy (non-hydrogen) atoms. The quantitative estimate of drug-likeness (QED) is 0.821. The normalized spacial score (nSPS) is 17.2. The fourth-order valence-corrected chi connectivity index (χ4v) is 2.54. The highest BCUT2D eigenvalue weighted by Crippen LogP contribution is 2.21. The van der Waals surface area contributed by atoms with E-state index in [-0.39, 0.29) is 5.92 Å². The van der Waals surface area contributed by atoms with Crippen LogP contribution in [0.2, 0.25) is 0 Å². The second kappa shape index (κ2) is 5.98. The number of rotatable bonds is 3. The summed E-state index contributed by atoms with van der Waals surface area (Å²) in [4.78, 5) is 18.3. The molecule has 3 nitrogen and oxygen atoms in total. The number of carbonyl (C=O) groups excluding carboxylic acids is 1. The first-order chi connectivity index (χ1) is 8.66. The summed E-state index contributed by atoms with van der Waals surface area (Å²) < 4.78 is 0. The Kier molecular flexibility index (Phi) is 4.34. The lowest BCUT2D eigenvalue weighted by atomic mass is 9.91. The van der Waals surface area contributed by atoms with Crippen molar-refractivity contribution in [2.24, 2.45) is 11.8 Å². The summed E-state index contributed by atoms with van der Waals surface area (Å²) in [7, 11) is 0. The number of aromatic nitrogens is 1. The van der Waals surface area contributed by atoms with Gasteiger partial charge in [0.15, 0.2) is 0 Å². The standard InChI is InChI=1S/C15H22N2O/c1-12(2)15(18)17-9-6-13(7-10-17)11-14-5-3-4-8-16-14/h3-5,8,12-13H,6-7,9-11H2,1-2H3. The van der Waals surface area contributed by atoms with E-state index in [1.807, 2.05) is 37.1 Å². The molecule has 0 bridgehead atoms. The second-order valence-electron chi connectivity index (χ2n) is 5.45. The number of hydrogen-bond acceptors (Lipinski definition) is 2. The lowest BCUT2D eigenvalue weighted by Crippen LogP contribution is -2.41. The molecule has 0 aromatic carbocycles. The number of carbonyl (C=O) groups is 1. The molecule has 1 fully saturated rings. The molecule has 98 valence electrons. The van der Waals surface area contributed by atoms with E-state index >= 15 is 0 Å². The number of pyridine rings is 1. The molecular weight excluding hydrogens is 224 g/mol. The molecule has 0 spiro atoms. The maximum atomic E-state index is 11.9. The molecule has 2 rings (SSSR count). The fourth-order valence-electron chi connectivity index (χ4n) is 2.54. The van der Waals surface area contributed by atoms with Gasteiger partial charge in [-0.25, -0.2) is 0 Å². The van der Waals surface area contributed by atoms with Crippen LogP contribution in [0.15, 0.2) is 24.4 Å². The first-order valence-electron chi connectivity index (χ1n) is 6.85. The van der Waals surface area contributed by atoms with Crippen molar-refractivity contribution in [3.05, 3.63) is 30.1 Å². The van der Waals surface area contributed by atoms with Crippen molar-refractivity contribution in [3.8, 4) is 0 Å². The second-order valence-corrected chi connectivity index (χ2v) is 5.45. The summed E-state index contributed by atoms with van der Waals surface area (Å²) in [6.07, 6.45) is 5.11. The zero-order chi connectivity index (χ0) is 13.0. The third kappa shape index (κ3) is 3.31. The largest absolute Gasteiger partial charge is 0.342 e. The van der Waals surface area contributed by atoms with Gasteiger partial charge in [0.2, 0.25) is 5.91 Å². The van der Waals surface area contributed by atoms with Crippen molar-refractivity contribution in [2.75, 3.05) is 13.1 Å². The van der Waals surface area contributed by atoms with E-state index < -0.39 is 0 Å². The van der Waals surface area contributed by atoms with Crippen molar-refractivity contribution >= 4 is 5.91 Å². The molecule has 0 radical (unpaired) electrons. The number of nitrogens with zero attached hydrogens (tertiary/aromatic N) is 2. The third-order valence-corrected chi connectivity index (χ3v) is 3.64. The molecule has 0 N–H and O–H groups in total. The lowest BCUT2D eigenvalue weighted by molar-refractivity contribution is -0.135. The Bertz CT molecular complexity index is 381. The Hall–Kier alpha value is -1.38. The average molecular weight is 246 g/mol. The molecule has 1 aliphatic heterocycles. The van der Waals surface area contributed by atoms with Crippen LogP contribution in [0.1, 0.15) is 32.4 Å². The molecule has 0 saturated carbocycles. The van der Waals surface area contributed by atoms with Gasteiger partial charge in [-0.1, -0.05) is 19.9 Å². The fraction of sp³-hybridized carbons (Fsp3) is 0.600. The van der Waals surface area contributed by atoms with Crippen molar-refractivity contribution in [2.45, 2.75) is 33.1 Å². The molecule has 1 aromatic heterocycles. The van der Waals surface area contributed by atoms with Gasteiger partial charge in [0, 0.05) is 30.9 Å². The van der Waals surface area contributed by atoms with E-state index in [1.165, 1.54) is 5.69 Å². The third-order valence-electron chi connectivity index (χ3n) is 3.64.